The molecule has 0 aromatic heterocycles. The minimum atomic E-state index is -0.409. The van der Waals surface area contributed by atoms with E-state index >= 15 is 0 Å². The topological polar surface area (TPSA) is 53.7 Å². The first-order valence-corrected chi connectivity index (χ1v) is 6.99. The molecule has 104 valence electrons. The maximum atomic E-state index is 6.47. The lowest BCUT2D eigenvalue weighted by Crippen LogP contribution is -2.44. The van der Waals surface area contributed by atoms with E-state index in [1.54, 1.807) is 13.2 Å². The SMILES string of the molecule is COc1c(Cl)cc2c(c1C1(N)CCC1)OCCCO2. The summed E-state index contributed by atoms with van der Waals surface area (Å²) in [5.41, 5.74) is 6.93. The van der Waals surface area contributed by atoms with Gasteiger partial charge in [0.25, 0.3) is 0 Å². The number of fused-ring (bicyclic) bond motifs is 1. The molecular formula is C14H18ClNO3. The molecule has 1 aromatic carbocycles. The van der Waals surface area contributed by atoms with Crippen molar-refractivity contribution in [3.8, 4) is 17.2 Å². The van der Waals surface area contributed by atoms with E-state index in [0.717, 1.165) is 31.2 Å². The highest BCUT2D eigenvalue weighted by Crippen LogP contribution is 2.53. The lowest BCUT2D eigenvalue weighted by atomic mass is 9.72. The first-order valence-electron chi connectivity index (χ1n) is 6.61. The van der Waals surface area contributed by atoms with E-state index in [2.05, 4.69) is 0 Å². The fourth-order valence-corrected chi connectivity index (χ4v) is 2.99. The third-order valence-electron chi connectivity index (χ3n) is 3.89. The summed E-state index contributed by atoms with van der Waals surface area (Å²) >= 11 is 6.29. The predicted molar refractivity (Wildman–Crippen MR) is 73.3 cm³/mol. The van der Waals surface area contributed by atoms with Crippen molar-refractivity contribution < 1.29 is 14.2 Å². The molecule has 1 saturated carbocycles. The number of nitrogens with two attached hydrogens (primary N) is 1. The zero-order valence-corrected chi connectivity index (χ0v) is 11.8. The highest BCUT2D eigenvalue weighted by Gasteiger charge is 2.41. The molecule has 5 heteroatoms. The average Bonchev–Trinajstić information content (AvgIpc) is 2.59. The molecule has 0 amide bonds. The van der Waals surface area contributed by atoms with E-state index in [9.17, 15) is 0 Å². The standard InChI is InChI=1S/C14H18ClNO3/c1-17-12-9(15)8-10-13(19-7-3-6-18-10)11(12)14(16)4-2-5-14/h8H,2-7,16H2,1H3. The summed E-state index contributed by atoms with van der Waals surface area (Å²) in [6.07, 6.45) is 3.80. The largest absolute Gasteiger partial charge is 0.495 e. The summed E-state index contributed by atoms with van der Waals surface area (Å²) < 4.78 is 17.0. The van der Waals surface area contributed by atoms with Crippen LogP contribution in [-0.2, 0) is 5.54 Å². The van der Waals surface area contributed by atoms with Gasteiger partial charge in [0.15, 0.2) is 11.5 Å². The molecule has 2 N–H and O–H groups in total. The number of methoxy groups -OCH3 is 1. The summed E-state index contributed by atoms with van der Waals surface area (Å²) in [4.78, 5) is 0. The second-order valence-electron chi connectivity index (χ2n) is 5.15. The zero-order chi connectivity index (χ0) is 13.5. The van der Waals surface area contributed by atoms with Crippen LogP contribution in [0.15, 0.2) is 6.07 Å². The molecule has 1 aromatic rings. The summed E-state index contributed by atoms with van der Waals surface area (Å²) in [7, 11) is 1.61. The lowest BCUT2D eigenvalue weighted by Gasteiger charge is -2.40. The van der Waals surface area contributed by atoms with Crippen molar-refractivity contribution in [1.29, 1.82) is 0 Å². The van der Waals surface area contributed by atoms with Crippen LogP contribution in [0.4, 0.5) is 0 Å². The minimum Gasteiger partial charge on any atom is -0.495 e. The molecule has 1 aliphatic carbocycles. The first-order chi connectivity index (χ1) is 9.15. The van der Waals surface area contributed by atoms with Crippen molar-refractivity contribution in [2.24, 2.45) is 5.73 Å². The van der Waals surface area contributed by atoms with E-state index in [1.165, 1.54) is 0 Å². The first kappa shape index (κ1) is 12.9. The Bertz CT molecular complexity index is 500. The molecule has 1 heterocycles. The fourth-order valence-electron chi connectivity index (χ4n) is 2.72. The molecule has 0 unspecified atom stereocenters. The van der Waals surface area contributed by atoms with Crippen molar-refractivity contribution in [3.63, 3.8) is 0 Å². The van der Waals surface area contributed by atoms with Gasteiger partial charge >= 0.3 is 0 Å². The third-order valence-corrected chi connectivity index (χ3v) is 4.17. The number of hydrogen-bond donors (Lipinski definition) is 1. The van der Waals surface area contributed by atoms with Gasteiger partial charge in [0.05, 0.1) is 30.9 Å². The smallest absolute Gasteiger partial charge is 0.170 e. The van der Waals surface area contributed by atoms with Crippen LogP contribution < -0.4 is 19.9 Å². The van der Waals surface area contributed by atoms with Gasteiger partial charge in [-0.15, -0.1) is 0 Å². The van der Waals surface area contributed by atoms with Gasteiger partial charge in [-0.05, 0) is 19.3 Å². The molecule has 0 saturated heterocycles. The Hall–Kier alpha value is -1.13. The molecule has 0 spiro atoms. The highest BCUT2D eigenvalue weighted by molar-refractivity contribution is 6.32. The Morgan fingerprint density at radius 2 is 2.00 bits per heavy atom. The van der Waals surface area contributed by atoms with Crippen LogP contribution >= 0.6 is 11.6 Å². The van der Waals surface area contributed by atoms with Crippen LogP contribution in [0.5, 0.6) is 17.2 Å². The Morgan fingerprint density at radius 1 is 1.26 bits per heavy atom. The lowest BCUT2D eigenvalue weighted by molar-refractivity contribution is 0.227. The Balaban J connectivity index is 2.20. The molecule has 0 bridgehead atoms. The monoisotopic (exact) mass is 283 g/mol. The molecule has 1 aliphatic heterocycles. The van der Waals surface area contributed by atoms with Crippen LogP contribution in [0.1, 0.15) is 31.2 Å². The predicted octanol–water partition coefficient (Wildman–Crippen LogP) is 2.85. The second kappa shape index (κ2) is 4.76. The van der Waals surface area contributed by atoms with Gasteiger partial charge < -0.3 is 19.9 Å². The Morgan fingerprint density at radius 3 is 2.63 bits per heavy atom. The Kier molecular flexibility index (Phi) is 3.23. The van der Waals surface area contributed by atoms with Gasteiger partial charge in [-0.25, -0.2) is 0 Å². The third kappa shape index (κ3) is 2.03. The summed E-state index contributed by atoms with van der Waals surface area (Å²) in [5, 5.41) is 0.526. The molecule has 0 radical (unpaired) electrons. The average molecular weight is 284 g/mol. The van der Waals surface area contributed by atoms with Gasteiger partial charge in [-0.1, -0.05) is 11.6 Å². The molecule has 3 rings (SSSR count). The van der Waals surface area contributed by atoms with Crippen LogP contribution in [-0.4, -0.2) is 20.3 Å². The van der Waals surface area contributed by atoms with Crippen molar-refractivity contribution in [2.75, 3.05) is 20.3 Å². The van der Waals surface area contributed by atoms with Gasteiger partial charge in [0.1, 0.15) is 5.75 Å². The zero-order valence-electron chi connectivity index (χ0n) is 11.0. The van der Waals surface area contributed by atoms with E-state index in [0.29, 0.717) is 35.5 Å². The summed E-state index contributed by atoms with van der Waals surface area (Å²) in [5.74, 6) is 2.00. The quantitative estimate of drug-likeness (QED) is 0.907. The van der Waals surface area contributed by atoms with Crippen molar-refractivity contribution >= 4 is 11.6 Å². The number of ether oxygens (including phenoxy) is 3. The maximum absolute atomic E-state index is 6.47. The minimum absolute atomic E-state index is 0.409. The molecule has 2 aliphatic rings. The van der Waals surface area contributed by atoms with Crippen LogP contribution in [0.2, 0.25) is 5.02 Å². The van der Waals surface area contributed by atoms with Crippen LogP contribution in [0.3, 0.4) is 0 Å². The van der Waals surface area contributed by atoms with Crippen LogP contribution in [0.25, 0.3) is 0 Å². The normalized spacial score (nSPS) is 20.4. The summed E-state index contributed by atoms with van der Waals surface area (Å²) in [6, 6.07) is 1.76. The number of halogens is 1. The molecule has 1 fully saturated rings. The fraction of sp³-hybridized carbons (Fsp3) is 0.571. The van der Waals surface area contributed by atoms with E-state index < -0.39 is 5.54 Å². The van der Waals surface area contributed by atoms with Gasteiger partial charge in [-0.3, -0.25) is 0 Å². The Labute approximate surface area is 117 Å². The van der Waals surface area contributed by atoms with Crippen molar-refractivity contribution in [3.05, 3.63) is 16.7 Å². The highest BCUT2D eigenvalue weighted by atomic mass is 35.5. The number of rotatable bonds is 2. The number of benzene rings is 1. The van der Waals surface area contributed by atoms with Crippen molar-refractivity contribution in [2.45, 2.75) is 31.2 Å². The number of hydrogen-bond acceptors (Lipinski definition) is 4. The maximum Gasteiger partial charge on any atom is 0.170 e. The summed E-state index contributed by atoms with van der Waals surface area (Å²) in [6.45, 7) is 1.26. The second-order valence-corrected chi connectivity index (χ2v) is 5.56. The van der Waals surface area contributed by atoms with Crippen molar-refractivity contribution in [1.82, 2.24) is 0 Å². The van der Waals surface area contributed by atoms with Gasteiger partial charge in [0.2, 0.25) is 0 Å². The van der Waals surface area contributed by atoms with Crippen LogP contribution in [0, 0.1) is 0 Å². The van der Waals surface area contributed by atoms with Gasteiger partial charge in [0, 0.05) is 18.0 Å². The molecule has 4 nitrogen and oxygen atoms in total. The van der Waals surface area contributed by atoms with Gasteiger partial charge in [-0.2, -0.15) is 0 Å². The molecule has 19 heavy (non-hydrogen) atoms. The molecule has 0 atom stereocenters. The van der Waals surface area contributed by atoms with E-state index in [1.807, 2.05) is 0 Å². The molecular weight excluding hydrogens is 266 g/mol. The van der Waals surface area contributed by atoms with E-state index in [-0.39, 0.29) is 0 Å². The van der Waals surface area contributed by atoms with E-state index in [4.69, 9.17) is 31.5 Å².